The zero-order valence-electron chi connectivity index (χ0n) is 10.6. The predicted molar refractivity (Wildman–Crippen MR) is 86.8 cm³/mol. The summed E-state index contributed by atoms with van der Waals surface area (Å²) >= 11 is 18.5. The molecule has 0 aliphatic heterocycles. The van der Waals surface area contributed by atoms with Gasteiger partial charge in [0.2, 0.25) is 0 Å². The summed E-state index contributed by atoms with van der Waals surface area (Å²) in [6.07, 6.45) is 0. The molecule has 2 N–H and O–H groups in total. The number of anilines is 1. The zero-order chi connectivity index (χ0) is 15.0. The molecule has 3 nitrogen and oxygen atoms in total. The summed E-state index contributed by atoms with van der Waals surface area (Å²) in [7, 11) is 0. The molecule has 0 saturated carbocycles. The number of halogens is 3. The van der Waals surface area contributed by atoms with Crippen LogP contribution in [0.15, 0.2) is 47.0 Å². The SMILES string of the molecule is Nc1noc(-c2cccc(Cl)c2)c1-c1c(Cl)cccc1Cl. The first kappa shape index (κ1) is 14.3. The van der Waals surface area contributed by atoms with Gasteiger partial charge in [-0.15, -0.1) is 0 Å². The van der Waals surface area contributed by atoms with Gasteiger partial charge in [0.15, 0.2) is 11.6 Å². The molecule has 0 spiro atoms. The van der Waals surface area contributed by atoms with Gasteiger partial charge in [-0.1, -0.05) is 58.2 Å². The number of hydrogen-bond acceptors (Lipinski definition) is 3. The first-order chi connectivity index (χ1) is 10.1. The Morgan fingerprint density at radius 1 is 0.905 bits per heavy atom. The molecule has 0 fully saturated rings. The fraction of sp³-hybridized carbons (Fsp3) is 0. The smallest absolute Gasteiger partial charge is 0.177 e. The molecule has 3 rings (SSSR count). The molecule has 1 aromatic heterocycles. The molecule has 0 aliphatic carbocycles. The van der Waals surface area contributed by atoms with Crippen molar-refractivity contribution in [2.24, 2.45) is 0 Å². The van der Waals surface area contributed by atoms with Crippen molar-refractivity contribution >= 4 is 40.6 Å². The lowest BCUT2D eigenvalue weighted by Gasteiger charge is -2.07. The second-order valence-electron chi connectivity index (χ2n) is 4.38. The van der Waals surface area contributed by atoms with Gasteiger partial charge in [-0.2, -0.15) is 0 Å². The van der Waals surface area contributed by atoms with Crippen molar-refractivity contribution in [3.63, 3.8) is 0 Å². The average Bonchev–Trinajstić information content (AvgIpc) is 2.81. The summed E-state index contributed by atoms with van der Waals surface area (Å²) in [5.74, 6) is 0.699. The van der Waals surface area contributed by atoms with Crippen LogP contribution in [0.1, 0.15) is 0 Å². The first-order valence-corrected chi connectivity index (χ1v) is 7.17. The summed E-state index contributed by atoms with van der Waals surface area (Å²) in [6.45, 7) is 0. The van der Waals surface area contributed by atoms with Crippen LogP contribution < -0.4 is 5.73 Å². The van der Waals surface area contributed by atoms with Crippen LogP contribution in [-0.2, 0) is 0 Å². The van der Waals surface area contributed by atoms with Crippen molar-refractivity contribution in [2.45, 2.75) is 0 Å². The van der Waals surface area contributed by atoms with E-state index in [0.29, 0.717) is 32.0 Å². The van der Waals surface area contributed by atoms with Gasteiger partial charge in [-0.3, -0.25) is 0 Å². The lowest BCUT2D eigenvalue weighted by molar-refractivity contribution is 0.436. The summed E-state index contributed by atoms with van der Waals surface area (Å²) in [4.78, 5) is 0. The highest BCUT2D eigenvalue weighted by atomic mass is 35.5. The molecule has 0 atom stereocenters. The van der Waals surface area contributed by atoms with E-state index in [2.05, 4.69) is 5.16 Å². The topological polar surface area (TPSA) is 52.0 Å². The van der Waals surface area contributed by atoms with Crippen LogP contribution in [0.3, 0.4) is 0 Å². The molecule has 106 valence electrons. The minimum absolute atomic E-state index is 0.222. The normalized spacial score (nSPS) is 10.8. The van der Waals surface area contributed by atoms with Gasteiger partial charge in [0.25, 0.3) is 0 Å². The molecule has 0 bridgehead atoms. The number of aromatic nitrogens is 1. The molecular weight excluding hydrogens is 331 g/mol. The van der Waals surface area contributed by atoms with Gasteiger partial charge in [0, 0.05) is 16.1 Å². The zero-order valence-corrected chi connectivity index (χ0v) is 12.9. The first-order valence-electron chi connectivity index (χ1n) is 6.03. The average molecular weight is 340 g/mol. The Bertz CT molecular complexity index is 794. The van der Waals surface area contributed by atoms with Gasteiger partial charge in [0.05, 0.1) is 15.6 Å². The summed E-state index contributed by atoms with van der Waals surface area (Å²) < 4.78 is 5.35. The minimum Gasteiger partial charge on any atom is -0.380 e. The van der Waals surface area contributed by atoms with E-state index in [1.165, 1.54) is 0 Å². The van der Waals surface area contributed by atoms with Crippen molar-refractivity contribution in [1.29, 1.82) is 0 Å². The number of nitrogens with two attached hydrogens (primary N) is 1. The van der Waals surface area contributed by atoms with E-state index < -0.39 is 0 Å². The lowest BCUT2D eigenvalue weighted by Crippen LogP contribution is -1.90. The van der Waals surface area contributed by atoms with Crippen LogP contribution in [0.4, 0.5) is 5.82 Å². The maximum atomic E-state index is 6.25. The molecule has 0 amide bonds. The fourth-order valence-electron chi connectivity index (χ4n) is 2.11. The Balaban J connectivity index is 2.28. The van der Waals surface area contributed by atoms with Gasteiger partial charge in [0.1, 0.15) is 0 Å². The van der Waals surface area contributed by atoms with Gasteiger partial charge in [-0.25, -0.2) is 0 Å². The maximum absolute atomic E-state index is 6.25. The van der Waals surface area contributed by atoms with Crippen LogP contribution >= 0.6 is 34.8 Å². The van der Waals surface area contributed by atoms with E-state index in [4.69, 9.17) is 45.1 Å². The van der Waals surface area contributed by atoms with Crippen molar-refractivity contribution in [2.75, 3.05) is 5.73 Å². The largest absolute Gasteiger partial charge is 0.380 e. The molecule has 2 aromatic carbocycles. The number of hydrogen-bond donors (Lipinski definition) is 1. The molecule has 6 heteroatoms. The van der Waals surface area contributed by atoms with Gasteiger partial charge < -0.3 is 10.3 Å². The standard InChI is InChI=1S/C15H9Cl3N2O/c16-9-4-1-3-8(7-9)14-13(15(19)20-21-14)12-10(17)5-2-6-11(12)18/h1-7H,(H2,19,20). The molecular formula is C15H9Cl3N2O. The van der Waals surface area contributed by atoms with Crippen molar-refractivity contribution in [3.8, 4) is 22.5 Å². The highest BCUT2D eigenvalue weighted by Gasteiger charge is 2.22. The van der Waals surface area contributed by atoms with E-state index in [9.17, 15) is 0 Å². The second kappa shape index (κ2) is 5.60. The Morgan fingerprint density at radius 2 is 1.57 bits per heavy atom. The Hall–Kier alpha value is -1.68. The summed E-state index contributed by atoms with van der Waals surface area (Å²) in [5, 5.41) is 5.35. The molecule has 0 aliphatic rings. The van der Waals surface area contributed by atoms with E-state index >= 15 is 0 Å². The molecule has 21 heavy (non-hydrogen) atoms. The van der Waals surface area contributed by atoms with E-state index in [0.717, 1.165) is 5.56 Å². The van der Waals surface area contributed by atoms with Crippen LogP contribution in [0.25, 0.3) is 22.5 Å². The number of rotatable bonds is 2. The highest BCUT2D eigenvalue weighted by Crippen LogP contribution is 2.43. The maximum Gasteiger partial charge on any atom is 0.177 e. The third-order valence-electron chi connectivity index (χ3n) is 3.02. The Kier molecular flexibility index (Phi) is 3.81. The predicted octanol–water partition coefficient (Wildman–Crippen LogP) is 5.55. The lowest BCUT2D eigenvalue weighted by atomic mass is 10.0. The molecule has 1 heterocycles. The van der Waals surface area contributed by atoms with E-state index in [1.54, 1.807) is 30.3 Å². The van der Waals surface area contributed by atoms with Crippen LogP contribution in [-0.4, -0.2) is 5.16 Å². The molecule has 0 radical (unpaired) electrons. The van der Waals surface area contributed by atoms with Crippen molar-refractivity contribution < 1.29 is 4.52 Å². The summed E-state index contributed by atoms with van der Waals surface area (Å²) in [5.41, 5.74) is 7.83. The second-order valence-corrected chi connectivity index (χ2v) is 5.63. The third kappa shape index (κ3) is 2.60. The van der Waals surface area contributed by atoms with Gasteiger partial charge in [-0.05, 0) is 24.3 Å². The van der Waals surface area contributed by atoms with Crippen LogP contribution in [0.5, 0.6) is 0 Å². The Morgan fingerprint density at radius 3 is 2.24 bits per heavy atom. The van der Waals surface area contributed by atoms with E-state index in [-0.39, 0.29) is 5.82 Å². The van der Waals surface area contributed by atoms with Gasteiger partial charge >= 0.3 is 0 Å². The number of nitrogen functional groups attached to an aromatic ring is 1. The fourth-order valence-corrected chi connectivity index (χ4v) is 2.88. The molecule has 3 aromatic rings. The summed E-state index contributed by atoms with van der Waals surface area (Å²) in [6, 6.07) is 12.4. The van der Waals surface area contributed by atoms with E-state index in [1.807, 2.05) is 12.1 Å². The van der Waals surface area contributed by atoms with Crippen LogP contribution in [0, 0.1) is 0 Å². The third-order valence-corrected chi connectivity index (χ3v) is 3.88. The quantitative estimate of drug-likeness (QED) is 0.666. The number of benzene rings is 2. The molecule has 0 unspecified atom stereocenters. The minimum atomic E-state index is 0.222. The van der Waals surface area contributed by atoms with Crippen LogP contribution in [0.2, 0.25) is 15.1 Å². The monoisotopic (exact) mass is 338 g/mol. The molecule has 0 saturated heterocycles. The highest BCUT2D eigenvalue weighted by molar-refractivity contribution is 6.39. The number of nitrogens with zero attached hydrogens (tertiary/aromatic N) is 1. The van der Waals surface area contributed by atoms with Crippen molar-refractivity contribution in [3.05, 3.63) is 57.5 Å². The Labute approximate surface area is 136 Å². The van der Waals surface area contributed by atoms with Crippen molar-refractivity contribution in [1.82, 2.24) is 5.16 Å².